The van der Waals surface area contributed by atoms with Crippen LogP contribution in [0.25, 0.3) is 0 Å². The molecule has 26 heavy (non-hydrogen) atoms. The number of carbonyl (C=O) groups excluding carboxylic acids is 2. The lowest BCUT2D eigenvalue weighted by Gasteiger charge is -2.21. The van der Waals surface area contributed by atoms with E-state index in [2.05, 4.69) is 5.32 Å². The minimum Gasteiger partial charge on any atom is -0.497 e. The van der Waals surface area contributed by atoms with E-state index < -0.39 is 12.0 Å². The Morgan fingerprint density at radius 2 is 1.65 bits per heavy atom. The summed E-state index contributed by atoms with van der Waals surface area (Å²) in [4.78, 5) is 25.1. The van der Waals surface area contributed by atoms with Gasteiger partial charge in [0.1, 0.15) is 17.5 Å². The molecule has 0 aromatic heterocycles. The van der Waals surface area contributed by atoms with Crippen molar-refractivity contribution in [3.8, 4) is 11.5 Å². The van der Waals surface area contributed by atoms with Gasteiger partial charge in [-0.25, -0.2) is 4.79 Å². The summed E-state index contributed by atoms with van der Waals surface area (Å²) in [6, 6.07) is 11.6. The average molecular weight is 355 g/mol. The number of benzene rings is 2. The molecule has 1 N–H and O–H groups in total. The molecule has 0 aliphatic carbocycles. The summed E-state index contributed by atoms with van der Waals surface area (Å²) < 4.78 is 10.6. The summed E-state index contributed by atoms with van der Waals surface area (Å²) in [5.74, 6) is 0.245. The Kier molecular flexibility index (Phi) is 6.39. The smallest absolute Gasteiger partial charge is 0.334 e. The van der Waals surface area contributed by atoms with Crippen molar-refractivity contribution >= 4 is 11.9 Å². The molecule has 0 saturated carbocycles. The van der Waals surface area contributed by atoms with Crippen LogP contribution in [0.3, 0.4) is 0 Å². The summed E-state index contributed by atoms with van der Waals surface area (Å²) in [5.41, 5.74) is 2.42. The molecule has 2 rings (SSSR count). The van der Waals surface area contributed by atoms with Gasteiger partial charge in [0.2, 0.25) is 0 Å². The molecule has 0 aliphatic rings. The Morgan fingerprint density at radius 3 is 2.19 bits per heavy atom. The van der Waals surface area contributed by atoms with E-state index in [4.69, 9.17) is 9.47 Å². The first-order valence-electron chi connectivity index (χ1n) is 8.55. The maximum Gasteiger partial charge on any atom is 0.334 e. The van der Waals surface area contributed by atoms with Crippen molar-refractivity contribution in [1.29, 1.82) is 0 Å². The monoisotopic (exact) mass is 355 g/mol. The first-order chi connectivity index (χ1) is 12.3. The summed E-state index contributed by atoms with van der Waals surface area (Å²) in [6.45, 7) is 7.59. The third-order valence-corrected chi connectivity index (χ3v) is 4.10. The van der Waals surface area contributed by atoms with E-state index in [0.717, 1.165) is 11.1 Å². The first-order valence-corrected chi connectivity index (χ1v) is 8.55. The van der Waals surface area contributed by atoms with E-state index >= 15 is 0 Å². The largest absolute Gasteiger partial charge is 0.497 e. The number of carbonyl (C=O) groups is 2. The van der Waals surface area contributed by atoms with Crippen LogP contribution in [-0.4, -0.2) is 25.0 Å². The predicted octanol–water partition coefficient (Wildman–Crippen LogP) is 3.67. The fraction of sp³-hybridized carbons (Fsp3) is 0.333. The number of aryl methyl sites for hydroxylation is 2. The van der Waals surface area contributed by atoms with Gasteiger partial charge in [0.25, 0.3) is 5.91 Å². The number of hydrogen-bond donors (Lipinski definition) is 1. The number of hydrogen-bond acceptors (Lipinski definition) is 4. The highest BCUT2D eigenvalue weighted by Crippen LogP contribution is 2.20. The second-order valence-electron chi connectivity index (χ2n) is 6.61. The van der Waals surface area contributed by atoms with Crippen LogP contribution in [0, 0.1) is 19.8 Å². The second-order valence-corrected chi connectivity index (χ2v) is 6.61. The zero-order valence-electron chi connectivity index (χ0n) is 15.8. The molecule has 138 valence electrons. The summed E-state index contributed by atoms with van der Waals surface area (Å²) in [7, 11) is 1.56. The van der Waals surface area contributed by atoms with Gasteiger partial charge in [-0.2, -0.15) is 0 Å². The van der Waals surface area contributed by atoms with Gasteiger partial charge >= 0.3 is 5.97 Å². The molecule has 2 aromatic carbocycles. The minimum absolute atomic E-state index is 0.115. The van der Waals surface area contributed by atoms with Crippen LogP contribution in [0.2, 0.25) is 0 Å². The Bertz CT molecular complexity index is 781. The number of amides is 1. The maximum atomic E-state index is 12.6. The van der Waals surface area contributed by atoms with E-state index in [-0.39, 0.29) is 11.8 Å². The molecule has 0 spiro atoms. The van der Waals surface area contributed by atoms with Gasteiger partial charge in [0, 0.05) is 5.56 Å². The average Bonchev–Trinajstić information content (AvgIpc) is 2.61. The molecule has 0 aliphatic heterocycles. The van der Waals surface area contributed by atoms with E-state index in [1.165, 1.54) is 0 Å². The molecule has 0 bridgehead atoms. The summed E-state index contributed by atoms with van der Waals surface area (Å²) in [5, 5.41) is 2.77. The number of ether oxygens (including phenoxy) is 2. The van der Waals surface area contributed by atoms with Crippen LogP contribution >= 0.6 is 0 Å². The molecule has 1 atom stereocenters. The standard InChI is InChI=1S/C21H25NO4/c1-13(2)19(21(24)26-18-11-6-14(3)12-15(18)4)22-20(23)16-7-9-17(25-5)10-8-16/h6-13,19H,1-5H3,(H,22,23). The van der Waals surface area contributed by atoms with E-state index in [1.807, 2.05) is 39.8 Å². The lowest BCUT2D eigenvalue weighted by Crippen LogP contribution is -2.46. The normalized spacial score (nSPS) is 11.8. The molecule has 2 aromatic rings. The van der Waals surface area contributed by atoms with Gasteiger partial charge in [0.15, 0.2) is 0 Å². The van der Waals surface area contributed by atoms with Crippen LogP contribution in [0.4, 0.5) is 0 Å². The molecular formula is C21H25NO4. The van der Waals surface area contributed by atoms with Crippen molar-refractivity contribution in [2.75, 3.05) is 7.11 Å². The van der Waals surface area contributed by atoms with Gasteiger partial charge in [-0.1, -0.05) is 31.5 Å². The van der Waals surface area contributed by atoms with E-state index in [9.17, 15) is 9.59 Å². The molecule has 0 radical (unpaired) electrons. The Morgan fingerprint density at radius 1 is 1.00 bits per heavy atom. The van der Waals surface area contributed by atoms with Crippen molar-refractivity contribution in [2.45, 2.75) is 33.7 Å². The molecule has 1 unspecified atom stereocenters. The molecule has 0 heterocycles. The zero-order valence-corrected chi connectivity index (χ0v) is 15.8. The molecule has 1 amide bonds. The Labute approximate surface area is 154 Å². The molecule has 0 saturated heterocycles. The summed E-state index contributed by atoms with van der Waals surface area (Å²) >= 11 is 0. The zero-order chi connectivity index (χ0) is 19.3. The molecule has 5 nitrogen and oxygen atoms in total. The lowest BCUT2D eigenvalue weighted by molar-refractivity contribution is -0.137. The number of methoxy groups -OCH3 is 1. The van der Waals surface area contributed by atoms with E-state index in [1.54, 1.807) is 37.4 Å². The van der Waals surface area contributed by atoms with Gasteiger partial charge < -0.3 is 14.8 Å². The Hall–Kier alpha value is -2.82. The molecule has 5 heteroatoms. The molecular weight excluding hydrogens is 330 g/mol. The van der Waals surface area contributed by atoms with Crippen LogP contribution in [0.5, 0.6) is 11.5 Å². The van der Waals surface area contributed by atoms with Crippen molar-refractivity contribution in [3.05, 3.63) is 59.2 Å². The number of esters is 1. The van der Waals surface area contributed by atoms with Crippen LogP contribution in [-0.2, 0) is 4.79 Å². The van der Waals surface area contributed by atoms with Crippen LogP contribution < -0.4 is 14.8 Å². The van der Waals surface area contributed by atoms with Gasteiger partial charge in [-0.15, -0.1) is 0 Å². The maximum absolute atomic E-state index is 12.6. The highest BCUT2D eigenvalue weighted by Gasteiger charge is 2.27. The van der Waals surface area contributed by atoms with Gasteiger partial charge in [-0.05, 0) is 55.7 Å². The van der Waals surface area contributed by atoms with Crippen LogP contribution in [0.1, 0.15) is 35.3 Å². The number of rotatable bonds is 6. The minimum atomic E-state index is -0.745. The van der Waals surface area contributed by atoms with E-state index in [0.29, 0.717) is 17.1 Å². The quantitative estimate of drug-likeness (QED) is 0.634. The van der Waals surface area contributed by atoms with Crippen molar-refractivity contribution in [2.24, 2.45) is 5.92 Å². The van der Waals surface area contributed by atoms with Crippen molar-refractivity contribution < 1.29 is 19.1 Å². The topological polar surface area (TPSA) is 64.6 Å². The molecule has 0 fully saturated rings. The predicted molar refractivity (Wildman–Crippen MR) is 101 cm³/mol. The third-order valence-electron chi connectivity index (χ3n) is 4.10. The van der Waals surface area contributed by atoms with Crippen LogP contribution in [0.15, 0.2) is 42.5 Å². The lowest BCUT2D eigenvalue weighted by atomic mass is 10.0. The highest BCUT2D eigenvalue weighted by atomic mass is 16.5. The summed E-state index contributed by atoms with van der Waals surface area (Å²) in [6.07, 6.45) is 0. The highest BCUT2D eigenvalue weighted by molar-refractivity contribution is 5.97. The van der Waals surface area contributed by atoms with Crippen molar-refractivity contribution in [3.63, 3.8) is 0 Å². The van der Waals surface area contributed by atoms with Gasteiger partial charge in [0.05, 0.1) is 7.11 Å². The van der Waals surface area contributed by atoms with Gasteiger partial charge in [-0.3, -0.25) is 4.79 Å². The first kappa shape index (κ1) is 19.5. The third kappa shape index (κ3) is 4.85. The Balaban J connectivity index is 2.11. The number of nitrogens with one attached hydrogen (secondary N) is 1. The SMILES string of the molecule is COc1ccc(C(=O)NC(C(=O)Oc2ccc(C)cc2C)C(C)C)cc1. The fourth-order valence-corrected chi connectivity index (χ4v) is 2.55. The van der Waals surface area contributed by atoms with Crippen molar-refractivity contribution in [1.82, 2.24) is 5.32 Å². The fourth-order valence-electron chi connectivity index (χ4n) is 2.55. The second kappa shape index (κ2) is 8.52.